The smallest absolute Gasteiger partial charge is 0.289 e. The average Bonchev–Trinajstić information content (AvgIpc) is 3.33. The average molecular weight is 411 g/mol. The first-order valence-corrected chi connectivity index (χ1v) is 10.9. The highest BCUT2D eigenvalue weighted by molar-refractivity contribution is 5.94. The number of ether oxygens (including phenoxy) is 1. The molecule has 0 spiro atoms. The van der Waals surface area contributed by atoms with Gasteiger partial charge in [-0.2, -0.15) is 0 Å². The number of nitrogens with zero attached hydrogens (tertiary/aromatic N) is 2. The first kappa shape index (κ1) is 20.5. The zero-order valence-corrected chi connectivity index (χ0v) is 17.6. The third kappa shape index (κ3) is 4.86. The van der Waals surface area contributed by atoms with E-state index in [0.29, 0.717) is 30.4 Å². The molecule has 2 aliphatic rings. The zero-order valence-electron chi connectivity index (χ0n) is 17.6. The Morgan fingerprint density at radius 1 is 1.00 bits per heavy atom. The Labute approximate surface area is 177 Å². The molecule has 4 rings (SSSR count). The largest absolute Gasteiger partial charge is 0.493 e. The van der Waals surface area contributed by atoms with Crippen molar-refractivity contribution in [2.24, 2.45) is 11.8 Å². The van der Waals surface area contributed by atoms with Gasteiger partial charge in [-0.3, -0.25) is 9.59 Å². The van der Waals surface area contributed by atoms with Gasteiger partial charge in [0, 0.05) is 37.7 Å². The van der Waals surface area contributed by atoms with Gasteiger partial charge in [0.1, 0.15) is 5.75 Å². The summed E-state index contributed by atoms with van der Waals surface area (Å²) < 4.78 is 11.2. The Kier molecular flexibility index (Phi) is 6.41. The van der Waals surface area contributed by atoms with Crippen molar-refractivity contribution >= 4 is 11.8 Å². The first-order chi connectivity index (χ1) is 14.6. The molecular weight excluding hydrogens is 380 g/mol. The highest BCUT2D eigenvalue weighted by atomic mass is 16.5. The van der Waals surface area contributed by atoms with Crippen LogP contribution in [0.3, 0.4) is 0 Å². The van der Waals surface area contributed by atoms with Gasteiger partial charge in [-0.1, -0.05) is 6.92 Å². The minimum atomic E-state index is -0.0559. The Bertz CT molecular complexity index is 839. The molecule has 0 radical (unpaired) electrons. The van der Waals surface area contributed by atoms with Crippen molar-refractivity contribution in [1.82, 2.24) is 9.80 Å². The van der Waals surface area contributed by atoms with E-state index >= 15 is 0 Å². The maximum Gasteiger partial charge on any atom is 0.289 e. The van der Waals surface area contributed by atoms with Crippen LogP contribution in [0.4, 0.5) is 0 Å². The fraction of sp³-hybridized carbons (Fsp3) is 0.500. The summed E-state index contributed by atoms with van der Waals surface area (Å²) in [7, 11) is 0. The van der Waals surface area contributed by atoms with E-state index < -0.39 is 0 Å². The van der Waals surface area contributed by atoms with E-state index in [-0.39, 0.29) is 17.7 Å². The molecular formula is C24H30N2O4. The predicted octanol–water partition coefficient (Wildman–Crippen LogP) is 4.08. The summed E-state index contributed by atoms with van der Waals surface area (Å²) >= 11 is 0. The van der Waals surface area contributed by atoms with E-state index in [1.165, 1.54) is 6.26 Å². The number of furan rings is 1. The summed E-state index contributed by atoms with van der Waals surface area (Å²) in [5.41, 5.74) is 0.713. The summed E-state index contributed by atoms with van der Waals surface area (Å²) in [5, 5.41) is 0. The second-order valence-electron chi connectivity index (χ2n) is 8.55. The van der Waals surface area contributed by atoms with Crippen LogP contribution in [0.5, 0.6) is 5.75 Å². The summed E-state index contributed by atoms with van der Waals surface area (Å²) in [6.45, 7) is 5.90. The van der Waals surface area contributed by atoms with Crippen LogP contribution < -0.4 is 4.74 Å². The number of likely N-dealkylation sites (tertiary alicyclic amines) is 2. The molecule has 2 fully saturated rings. The van der Waals surface area contributed by atoms with E-state index in [1.807, 2.05) is 34.1 Å². The molecule has 1 aromatic carbocycles. The summed E-state index contributed by atoms with van der Waals surface area (Å²) in [6, 6.07) is 10.9. The summed E-state index contributed by atoms with van der Waals surface area (Å²) in [5.74, 6) is 2.19. The Morgan fingerprint density at radius 3 is 2.47 bits per heavy atom. The van der Waals surface area contributed by atoms with Crippen LogP contribution in [0.2, 0.25) is 0 Å². The summed E-state index contributed by atoms with van der Waals surface area (Å²) in [6.07, 6.45) is 5.67. The lowest BCUT2D eigenvalue weighted by molar-refractivity contribution is 0.0602. The van der Waals surface area contributed by atoms with E-state index in [1.54, 1.807) is 12.1 Å². The van der Waals surface area contributed by atoms with Crippen LogP contribution in [0.15, 0.2) is 47.1 Å². The fourth-order valence-corrected chi connectivity index (χ4v) is 4.24. The van der Waals surface area contributed by atoms with Gasteiger partial charge in [-0.25, -0.2) is 0 Å². The molecule has 0 aliphatic carbocycles. The third-order valence-corrected chi connectivity index (χ3v) is 6.20. The lowest BCUT2D eigenvalue weighted by Gasteiger charge is -2.32. The second-order valence-corrected chi connectivity index (χ2v) is 8.55. The number of amides is 2. The first-order valence-electron chi connectivity index (χ1n) is 10.9. The molecule has 6 heteroatoms. The number of carbonyl (C=O) groups excluding carboxylic acids is 2. The molecule has 2 aromatic rings. The lowest BCUT2D eigenvalue weighted by atomic mass is 9.98. The van der Waals surface area contributed by atoms with Gasteiger partial charge in [-0.15, -0.1) is 0 Å². The van der Waals surface area contributed by atoms with Gasteiger partial charge in [0.25, 0.3) is 11.8 Å². The monoisotopic (exact) mass is 410 g/mol. The van der Waals surface area contributed by atoms with E-state index in [9.17, 15) is 9.59 Å². The normalized spacial score (nSPS) is 20.2. The topological polar surface area (TPSA) is 63.0 Å². The molecule has 1 aromatic heterocycles. The molecule has 0 N–H and O–H groups in total. The Morgan fingerprint density at radius 2 is 1.77 bits per heavy atom. The SMILES string of the molecule is CC1CCN(C(=O)c2ccc(OC[C@@H]3CCCN(C(=O)c4ccco4)C3)cc2)CC1. The van der Waals surface area contributed by atoms with Crippen molar-refractivity contribution in [2.45, 2.75) is 32.6 Å². The van der Waals surface area contributed by atoms with E-state index in [4.69, 9.17) is 9.15 Å². The molecule has 30 heavy (non-hydrogen) atoms. The number of piperidine rings is 2. The maximum absolute atomic E-state index is 12.7. The molecule has 0 bridgehead atoms. The third-order valence-electron chi connectivity index (χ3n) is 6.20. The van der Waals surface area contributed by atoms with E-state index in [0.717, 1.165) is 51.1 Å². The number of hydrogen-bond donors (Lipinski definition) is 0. The number of carbonyl (C=O) groups is 2. The van der Waals surface area contributed by atoms with Crippen molar-refractivity contribution < 1.29 is 18.7 Å². The van der Waals surface area contributed by atoms with Crippen LogP contribution in [-0.2, 0) is 0 Å². The standard InChI is InChI=1S/C24H30N2O4/c1-18-10-13-25(14-11-18)23(27)20-6-8-21(9-7-20)30-17-19-4-2-12-26(16-19)24(28)22-5-3-15-29-22/h3,5-9,15,18-19H,2,4,10-14,16-17H2,1H3/t19-/m1/s1. The Hall–Kier alpha value is -2.76. The predicted molar refractivity (Wildman–Crippen MR) is 114 cm³/mol. The van der Waals surface area contributed by atoms with Crippen LogP contribution >= 0.6 is 0 Å². The number of rotatable bonds is 5. The van der Waals surface area contributed by atoms with Crippen LogP contribution in [0, 0.1) is 11.8 Å². The van der Waals surface area contributed by atoms with E-state index in [2.05, 4.69) is 6.92 Å². The molecule has 160 valence electrons. The molecule has 2 amide bonds. The molecule has 2 saturated heterocycles. The van der Waals surface area contributed by atoms with Gasteiger partial charge in [0.05, 0.1) is 12.9 Å². The van der Waals surface area contributed by atoms with Crippen molar-refractivity contribution in [3.63, 3.8) is 0 Å². The van der Waals surface area contributed by atoms with Gasteiger partial charge in [0.15, 0.2) is 5.76 Å². The van der Waals surface area contributed by atoms with Crippen LogP contribution in [0.1, 0.15) is 53.5 Å². The number of hydrogen-bond acceptors (Lipinski definition) is 4. The summed E-state index contributed by atoms with van der Waals surface area (Å²) in [4.78, 5) is 28.9. The van der Waals surface area contributed by atoms with Crippen molar-refractivity contribution in [1.29, 1.82) is 0 Å². The van der Waals surface area contributed by atoms with Crippen molar-refractivity contribution in [3.8, 4) is 5.75 Å². The second kappa shape index (κ2) is 9.37. The Balaban J connectivity index is 1.27. The van der Waals surface area contributed by atoms with Gasteiger partial charge < -0.3 is 19.0 Å². The molecule has 0 saturated carbocycles. The van der Waals surface area contributed by atoms with Gasteiger partial charge >= 0.3 is 0 Å². The highest BCUT2D eigenvalue weighted by Crippen LogP contribution is 2.22. The van der Waals surface area contributed by atoms with Crippen molar-refractivity contribution in [2.75, 3.05) is 32.8 Å². The molecule has 2 aliphatic heterocycles. The highest BCUT2D eigenvalue weighted by Gasteiger charge is 2.26. The molecule has 3 heterocycles. The molecule has 6 nitrogen and oxygen atoms in total. The zero-order chi connectivity index (χ0) is 20.9. The minimum Gasteiger partial charge on any atom is -0.493 e. The van der Waals surface area contributed by atoms with Crippen molar-refractivity contribution in [3.05, 3.63) is 54.0 Å². The lowest BCUT2D eigenvalue weighted by Crippen LogP contribution is -2.41. The number of benzene rings is 1. The molecule has 1 atom stereocenters. The van der Waals surface area contributed by atoms with Crippen LogP contribution in [0.25, 0.3) is 0 Å². The molecule has 0 unspecified atom stereocenters. The maximum atomic E-state index is 12.7. The fourth-order valence-electron chi connectivity index (χ4n) is 4.24. The van der Waals surface area contributed by atoms with Gasteiger partial charge in [-0.05, 0) is 68.0 Å². The quantitative estimate of drug-likeness (QED) is 0.745. The van der Waals surface area contributed by atoms with Crippen LogP contribution in [-0.4, -0.2) is 54.4 Å². The van der Waals surface area contributed by atoms with Gasteiger partial charge in [0.2, 0.25) is 0 Å². The minimum absolute atomic E-state index is 0.0559.